The van der Waals surface area contributed by atoms with Crippen molar-refractivity contribution >= 4 is 11.9 Å². The zero-order valence-corrected chi connectivity index (χ0v) is 13.4. The van der Waals surface area contributed by atoms with E-state index in [2.05, 4.69) is 0 Å². The minimum absolute atomic E-state index is 0. The average molecular weight is 313 g/mol. The Morgan fingerprint density at radius 3 is 1.87 bits per heavy atom. The van der Waals surface area contributed by atoms with Crippen molar-refractivity contribution in [2.45, 2.75) is 33.6 Å². The van der Waals surface area contributed by atoms with E-state index in [1.54, 1.807) is 20.8 Å². The molecule has 0 aromatic rings. The van der Waals surface area contributed by atoms with Crippen molar-refractivity contribution in [2.24, 2.45) is 16.7 Å². The first-order valence-electron chi connectivity index (χ1n) is 4.69. The number of rotatable bonds is 2. The molecular weight excluding hydrogens is 297 g/mol. The van der Waals surface area contributed by atoms with Crippen molar-refractivity contribution in [1.82, 2.24) is 0 Å². The standard InChI is InChI=1S/C10H16O4.Cd/c1-9(2)6(7(11)12)4-5-10(9,3)8(13)14;/h6H,4-5H2,1-3H3,(H,11,12)(H,13,14);. The van der Waals surface area contributed by atoms with Crippen LogP contribution in [0.3, 0.4) is 0 Å². The number of carboxylic acid groups (broad SMARTS) is 2. The van der Waals surface area contributed by atoms with Gasteiger partial charge in [-0.25, -0.2) is 0 Å². The molecule has 0 aromatic carbocycles. The number of carbonyl (C=O) groups is 2. The molecule has 0 radical (unpaired) electrons. The quantitative estimate of drug-likeness (QED) is 0.760. The largest absolute Gasteiger partial charge is 0.481 e. The molecule has 1 rings (SSSR count). The van der Waals surface area contributed by atoms with Crippen LogP contribution in [0.4, 0.5) is 0 Å². The van der Waals surface area contributed by atoms with Gasteiger partial charge >= 0.3 is 11.9 Å². The Morgan fingerprint density at radius 1 is 1.20 bits per heavy atom. The summed E-state index contributed by atoms with van der Waals surface area (Å²) in [6, 6.07) is 0. The predicted molar refractivity (Wildman–Crippen MR) is 49.9 cm³/mol. The third-order valence-corrected chi connectivity index (χ3v) is 4.00. The molecule has 0 bridgehead atoms. The van der Waals surface area contributed by atoms with Crippen LogP contribution in [0, 0.1) is 16.7 Å². The van der Waals surface area contributed by atoms with Crippen molar-refractivity contribution in [3.8, 4) is 0 Å². The van der Waals surface area contributed by atoms with Gasteiger partial charge in [-0.2, -0.15) is 0 Å². The van der Waals surface area contributed by atoms with E-state index in [4.69, 9.17) is 10.2 Å². The summed E-state index contributed by atoms with van der Waals surface area (Å²) < 4.78 is 0. The maximum absolute atomic E-state index is 11.1. The summed E-state index contributed by atoms with van der Waals surface area (Å²) in [5.74, 6) is -2.34. The van der Waals surface area contributed by atoms with Gasteiger partial charge in [0.2, 0.25) is 0 Å². The van der Waals surface area contributed by atoms with Gasteiger partial charge in [-0.1, -0.05) is 13.8 Å². The molecule has 2 N–H and O–H groups in total. The van der Waals surface area contributed by atoms with Gasteiger partial charge in [-0.3, -0.25) is 9.59 Å². The van der Waals surface area contributed by atoms with Crippen LogP contribution < -0.4 is 0 Å². The van der Waals surface area contributed by atoms with E-state index in [9.17, 15) is 9.59 Å². The number of aliphatic carboxylic acids is 2. The van der Waals surface area contributed by atoms with E-state index < -0.39 is 28.7 Å². The summed E-state index contributed by atoms with van der Waals surface area (Å²) in [7, 11) is 0. The Labute approximate surface area is 109 Å². The second-order valence-electron chi connectivity index (χ2n) is 4.79. The molecule has 1 aliphatic rings. The smallest absolute Gasteiger partial charge is 0.309 e. The van der Waals surface area contributed by atoms with E-state index in [0.717, 1.165) is 0 Å². The van der Waals surface area contributed by atoms with Crippen molar-refractivity contribution in [3.05, 3.63) is 0 Å². The van der Waals surface area contributed by atoms with E-state index in [-0.39, 0.29) is 27.3 Å². The molecule has 0 aliphatic heterocycles. The van der Waals surface area contributed by atoms with Crippen molar-refractivity contribution in [1.29, 1.82) is 0 Å². The molecule has 15 heavy (non-hydrogen) atoms. The Kier molecular flexibility index (Phi) is 4.35. The molecule has 0 amide bonds. The molecule has 0 spiro atoms. The fourth-order valence-electron chi connectivity index (χ4n) is 2.32. The maximum atomic E-state index is 11.1. The molecule has 2 atom stereocenters. The molecular formula is C10H16CdO4. The van der Waals surface area contributed by atoms with Gasteiger partial charge in [0.1, 0.15) is 0 Å². The third kappa shape index (κ3) is 2.05. The van der Waals surface area contributed by atoms with Crippen LogP contribution >= 0.6 is 0 Å². The molecule has 2 unspecified atom stereocenters. The normalized spacial score (nSPS) is 33.1. The summed E-state index contributed by atoms with van der Waals surface area (Å²) in [6.07, 6.45) is 0.886. The Bertz CT molecular complexity index is 287. The first-order chi connectivity index (χ1) is 6.23. The molecule has 1 aliphatic carbocycles. The molecule has 0 saturated heterocycles. The molecule has 1 saturated carbocycles. The number of carboxylic acids is 2. The van der Waals surface area contributed by atoms with Crippen LogP contribution in [0.2, 0.25) is 0 Å². The number of hydrogen-bond donors (Lipinski definition) is 2. The molecule has 82 valence electrons. The van der Waals surface area contributed by atoms with Crippen LogP contribution in [0.1, 0.15) is 33.6 Å². The van der Waals surface area contributed by atoms with Gasteiger partial charge in [0.05, 0.1) is 11.3 Å². The van der Waals surface area contributed by atoms with Crippen molar-refractivity contribution in [2.75, 3.05) is 0 Å². The average Bonchev–Trinajstić information content (AvgIpc) is 2.24. The molecule has 4 nitrogen and oxygen atoms in total. The van der Waals surface area contributed by atoms with Gasteiger partial charge in [0.25, 0.3) is 0 Å². The minimum Gasteiger partial charge on any atom is -0.481 e. The summed E-state index contributed by atoms with van der Waals surface area (Å²) in [5, 5.41) is 18.1. The van der Waals surface area contributed by atoms with Crippen LogP contribution in [-0.2, 0) is 36.9 Å². The SMILES string of the molecule is CC1(C(=O)O)CCC(C(=O)O)C1(C)C.[Cd]. The molecule has 0 heterocycles. The maximum Gasteiger partial charge on any atom is 0.309 e. The van der Waals surface area contributed by atoms with Crippen LogP contribution in [0.25, 0.3) is 0 Å². The van der Waals surface area contributed by atoms with E-state index >= 15 is 0 Å². The predicted octanol–water partition coefficient (Wildman–Crippen LogP) is 1.60. The van der Waals surface area contributed by atoms with Crippen molar-refractivity contribution in [3.63, 3.8) is 0 Å². The fourth-order valence-corrected chi connectivity index (χ4v) is 2.32. The first kappa shape index (κ1) is 14.9. The fraction of sp³-hybridized carbons (Fsp3) is 0.800. The monoisotopic (exact) mass is 314 g/mol. The van der Waals surface area contributed by atoms with Gasteiger partial charge in [-0.05, 0) is 25.2 Å². The van der Waals surface area contributed by atoms with Gasteiger partial charge in [-0.15, -0.1) is 0 Å². The van der Waals surface area contributed by atoms with Crippen LogP contribution in [-0.4, -0.2) is 22.2 Å². The van der Waals surface area contributed by atoms with E-state index in [0.29, 0.717) is 12.8 Å². The van der Waals surface area contributed by atoms with E-state index in [1.165, 1.54) is 0 Å². The Balaban J connectivity index is 0.00000196. The van der Waals surface area contributed by atoms with Crippen LogP contribution in [0.5, 0.6) is 0 Å². The second kappa shape index (κ2) is 4.39. The van der Waals surface area contributed by atoms with Crippen molar-refractivity contribution < 1.29 is 47.1 Å². The third-order valence-electron chi connectivity index (χ3n) is 4.00. The Morgan fingerprint density at radius 2 is 1.67 bits per heavy atom. The van der Waals surface area contributed by atoms with Gasteiger partial charge in [0, 0.05) is 27.3 Å². The zero-order valence-electron chi connectivity index (χ0n) is 9.41. The molecule has 5 heteroatoms. The summed E-state index contributed by atoms with van der Waals surface area (Å²) in [5.41, 5.74) is -1.61. The topological polar surface area (TPSA) is 74.6 Å². The zero-order chi connectivity index (χ0) is 11.1. The van der Waals surface area contributed by atoms with E-state index in [1.807, 2.05) is 0 Å². The van der Waals surface area contributed by atoms with Crippen LogP contribution in [0.15, 0.2) is 0 Å². The molecule has 0 aromatic heterocycles. The summed E-state index contributed by atoms with van der Waals surface area (Å²) in [6.45, 7) is 5.10. The summed E-state index contributed by atoms with van der Waals surface area (Å²) >= 11 is 0. The number of hydrogen-bond acceptors (Lipinski definition) is 2. The Hall–Kier alpha value is -0.138. The summed E-state index contributed by atoms with van der Waals surface area (Å²) in [4.78, 5) is 22.0. The van der Waals surface area contributed by atoms with Gasteiger partial charge in [0.15, 0.2) is 0 Å². The molecule has 1 fully saturated rings. The minimum atomic E-state index is -0.921. The van der Waals surface area contributed by atoms with Gasteiger partial charge < -0.3 is 10.2 Å². The second-order valence-corrected chi connectivity index (χ2v) is 4.79. The first-order valence-corrected chi connectivity index (χ1v) is 4.69.